The summed E-state index contributed by atoms with van der Waals surface area (Å²) in [6.07, 6.45) is 1.12. The maximum Gasteiger partial charge on any atom is 0.328 e. The zero-order chi connectivity index (χ0) is 26.5. The summed E-state index contributed by atoms with van der Waals surface area (Å²) < 4.78 is 10.3. The summed E-state index contributed by atoms with van der Waals surface area (Å²) in [5, 5.41) is 23.0. The van der Waals surface area contributed by atoms with Gasteiger partial charge in [-0.3, -0.25) is 14.9 Å². The Balaban J connectivity index is 0.000000658. The molecule has 0 aliphatic heterocycles. The van der Waals surface area contributed by atoms with Crippen LogP contribution in [0.1, 0.15) is 34.7 Å². The number of nitrogens with one attached hydrogen (secondary N) is 2. The van der Waals surface area contributed by atoms with E-state index >= 15 is 0 Å². The van der Waals surface area contributed by atoms with Gasteiger partial charge >= 0.3 is 11.9 Å². The lowest BCUT2D eigenvalue weighted by molar-refractivity contribution is -0.134. The molecule has 0 spiro atoms. The number of carboxylic acids is 2. The van der Waals surface area contributed by atoms with E-state index in [9.17, 15) is 19.2 Å². The highest BCUT2D eigenvalue weighted by Crippen LogP contribution is 2.28. The Morgan fingerprint density at radius 3 is 2.17 bits per heavy atom. The summed E-state index contributed by atoms with van der Waals surface area (Å²) in [5.41, 5.74) is 6.53. The van der Waals surface area contributed by atoms with Crippen LogP contribution in [0.5, 0.6) is 11.5 Å². The predicted molar refractivity (Wildman–Crippen MR) is 129 cm³/mol. The first-order valence-electron chi connectivity index (χ1n) is 10.1. The van der Waals surface area contributed by atoms with E-state index in [1.807, 2.05) is 13.8 Å². The zero-order valence-electron chi connectivity index (χ0n) is 19.6. The van der Waals surface area contributed by atoms with Crippen LogP contribution in [-0.2, 0) is 9.59 Å². The molecule has 1 aromatic carbocycles. The van der Waals surface area contributed by atoms with E-state index in [2.05, 4.69) is 15.6 Å². The molecule has 1 unspecified atom stereocenters. The number of benzene rings is 1. The summed E-state index contributed by atoms with van der Waals surface area (Å²) in [6, 6.07) is 4.71. The van der Waals surface area contributed by atoms with Crippen molar-refractivity contribution in [3.8, 4) is 11.5 Å². The second-order valence-electron chi connectivity index (χ2n) is 7.19. The highest BCUT2D eigenvalue weighted by Gasteiger charge is 2.16. The number of hydrogen-bond acceptors (Lipinski definition) is 9. The Morgan fingerprint density at radius 2 is 1.66 bits per heavy atom. The number of rotatable bonds is 10. The number of nitrogens with zero attached hydrogens (tertiary/aromatic N) is 1. The van der Waals surface area contributed by atoms with Crippen molar-refractivity contribution in [1.29, 1.82) is 0 Å². The van der Waals surface area contributed by atoms with Crippen molar-refractivity contribution in [2.45, 2.75) is 19.9 Å². The van der Waals surface area contributed by atoms with Gasteiger partial charge in [0.15, 0.2) is 16.6 Å². The molecule has 1 aromatic heterocycles. The Kier molecular flexibility index (Phi) is 11.9. The average Bonchev–Trinajstić information content (AvgIpc) is 3.29. The number of thiazole rings is 1. The molecule has 0 saturated heterocycles. The predicted octanol–water partition coefficient (Wildman–Crippen LogP) is 1.84. The van der Waals surface area contributed by atoms with Gasteiger partial charge in [-0.1, -0.05) is 13.8 Å². The molecule has 35 heavy (non-hydrogen) atoms. The monoisotopic (exact) mass is 508 g/mol. The van der Waals surface area contributed by atoms with E-state index in [1.54, 1.807) is 23.6 Å². The Bertz CT molecular complexity index is 1050. The van der Waals surface area contributed by atoms with Crippen molar-refractivity contribution in [2.75, 3.05) is 26.1 Å². The number of carbonyl (C=O) groups excluding carboxylic acids is 2. The smallest absolute Gasteiger partial charge is 0.328 e. The molecule has 13 heteroatoms. The van der Waals surface area contributed by atoms with Crippen molar-refractivity contribution >= 4 is 40.2 Å². The molecule has 0 fully saturated rings. The van der Waals surface area contributed by atoms with Crippen LogP contribution in [0.4, 0.5) is 5.13 Å². The van der Waals surface area contributed by atoms with Gasteiger partial charge in [0.1, 0.15) is 5.69 Å². The third-order valence-electron chi connectivity index (χ3n) is 4.33. The van der Waals surface area contributed by atoms with Crippen LogP contribution < -0.4 is 25.8 Å². The summed E-state index contributed by atoms with van der Waals surface area (Å²) >= 11 is 1.17. The molecule has 6 N–H and O–H groups in total. The van der Waals surface area contributed by atoms with E-state index in [0.717, 1.165) is 0 Å². The molecule has 0 saturated carbocycles. The summed E-state index contributed by atoms with van der Waals surface area (Å²) in [5.74, 6) is -1.96. The number of methoxy groups -OCH3 is 2. The standard InChI is InChI=1S/C18H24N4O4S.C4H4O4/c1-10(2)12(19)8-20-17(24)13-9-27-18(21-13)22-16(23)11-5-6-14(25-3)15(7-11)26-4;5-3(6)1-2-4(7)8/h5-7,9-10,12H,8,19H2,1-4H3,(H,20,24)(H,21,22,23);1-2H,(H,5,6)(H,7,8). The second kappa shape index (κ2) is 14.3. The molecular formula is C22H28N4O8S. The fraction of sp³-hybridized carbons (Fsp3) is 0.318. The Hall–Kier alpha value is -3.97. The minimum atomic E-state index is -1.26. The number of ether oxygens (including phenoxy) is 2. The third-order valence-corrected chi connectivity index (χ3v) is 5.08. The molecule has 0 aliphatic rings. The van der Waals surface area contributed by atoms with Crippen LogP contribution in [0.15, 0.2) is 35.7 Å². The zero-order valence-corrected chi connectivity index (χ0v) is 20.4. The van der Waals surface area contributed by atoms with Crippen LogP contribution >= 0.6 is 11.3 Å². The maximum absolute atomic E-state index is 12.4. The molecule has 2 aromatic rings. The number of amides is 2. The highest BCUT2D eigenvalue weighted by molar-refractivity contribution is 7.14. The first-order chi connectivity index (χ1) is 16.5. The van der Waals surface area contributed by atoms with Crippen molar-refractivity contribution in [1.82, 2.24) is 10.3 Å². The molecule has 12 nitrogen and oxygen atoms in total. The third kappa shape index (κ3) is 10.2. The molecule has 0 aliphatic carbocycles. The highest BCUT2D eigenvalue weighted by atomic mass is 32.1. The van der Waals surface area contributed by atoms with Gasteiger partial charge in [0.2, 0.25) is 0 Å². The number of aromatic nitrogens is 1. The lowest BCUT2D eigenvalue weighted by Crippen LogP contribution is -2.40. The van der Waals surface area contributed by atoms with Crippen LogP contribution in [-0.4, -0.2) is 65.8 Å². The number of hydrogen-bond donors (Lipinski definition) is 5. The van der Waals surface area contributed by atoms with Gasteiger partial charge in [-0.05, 0) is 24.1 Å². The fourth-order valence-electron chi connectivity index (χ4n) is 2.26. The molecule has 190 valence electrons. The van der Waals surface area contributed by atoms with Gasteiger partial charge in [0, 0.05) is 35.7 Å². The molecule has 0 radical (unpaired) electrons. The van der Waals surface area contributed by atoms with E-state index in [0.29, 0.717) is 40.9 Å². The van der Waals surface area contributed by atoms with Crippen molar-refractivity contribution < 1.29 is 38.9 Å². The normalized spacial score (nSPS) is 11.3. The van der Waals surface area contributed by atoms with Crippen LogP contribution in [0, 0.1) is 5.92 Å². The van der Waals surface area contributed by atoms with Gasteiger partial charge in [-0.2, -0.15) is 0 Å². The molecule has 1 atom stereocenters. The number of carboxylic acid groups (broad SMARTS) is 2. The number of nitrogens with two attached hydrogens (primary N) is 1. The number of aliphatic carboxylic acids is 2. The van der Waals surface area contributed by atoms with Gasteiger partial charge in [0.05, 0.1) is 14.2 Å². The van der Waals surface area contributed by atoms with E-state index in [4.69, 9.17) is 25.4 Å². The minimum absolute atomic E-state index is 0.128. The first-order valence-corrected chi connectivity index (χ1v) is 11.0. The van der Waals surface area contributed by atoms with Crippen LogP contribution in [0.2, 0.25) is 0 Å². The van der Waals surface area contributed by atoms with Gasteiger partial charge in [-0.15, -0.1) is 11.3 Å². The van der Waals surface area contributed by atoms with E-state index in [-0.39, 0.29) is 29.5 Å². The van der Waals surface area contributed by atoms with Crippen molar-refractivity contribution in [3.63, 3.8) is 0 Å². The first kappa shape index (κ1) is 29.1. The van der Waals surface area contributed by atoms with Crippen LogP contribution in [0.25, 0.3) is 0 Å². The maximum atomic E-state index is 12.4. The van der Waals surface area contributed by atoms with E-state index in [1.165, 1.54) is 25.6 Å². The van der Waals surface area contributed by atoms with Crippen molar-refractivity contribution in [3.05, 3.63) is 47.0 Å². The largest absolute Gasteiger partial charge is 0.493 e. The summed E-state index contributed by atoms with van der Waals surface area (Å²) in [7, 11) is 3.02. The van der Waals surface area contributed by atoms with Gasteiger partial charge in [0.25, 0.3) is 11.8 Å². The minimum Gasteiger partial charge on any atom is -0.493 e. The number of carbonyl (C=O) groups is 4. The van der Waals surface area contributed by atoms with Gasteiger partial charge in [-0.25, -0.2) is 14.6 Å². The average molecular weight is 509 g/mol. The molecule has 0 bridgehead atoms. The molecule has 2 rings (SSSR count). The quantitative estimate of drug-likeness (QED) is 0.296. The van der Waals surface area contributed by atoms with E-state index < -0.39 is 11.9 Å². The lowest BCUT2D eigenvalue weighted by Gasteiger charge is -2.15. The Morgan fingerprint density at radius 1 is 1.06 bits per heavy atom. The summed E-state index contributed by atoms with van der Waals surface area (Å²) in [6.45, 7) is 4.34. The molecular weight excluding hydrogens is 480 g/mol. The topological polar surface area (TPSA) is 190 Å². The second-order valence-corrected chi connectivity index (χ2v) is 8.05. The van der Waals surface area contributed by atoms with Crippen molar-refractivity contribution in [2.24, 2.45) is 11.7 Å². The van der Waals surface area contributed by atoms with Gasteiger partial charge < -0.3 is 30.7 Å². The lowest BCUT2D eigenvalue weighted by atomic mass is 10.1. The molecule has 2 amide bonds. The fourth-order valence-corrected chi connectivity index (χ4v) is 2.95. The molecule has 1 heterocycles. The Labute approximate surface area is 205 Å². The summed E-state index contributed by atoms with van der Waals surface area (Å²) in [4.78, 5) is 47.8. The number of anilines is 1. The SMILES string of the molecule is COc1ccc(C(=O)Nc2nc(C(=O)NCC(N)C(C)C)cs2)cc1OC.O=C(O)C=CC(=O)O. The van der Waals surface area contributed by atoms with Crippen LogP contribution in [0.3, 0.4) is 0 Å².